The first kappa shape index (κ1) is 18.7. The minimum atomic E-state index is -0.718. The summed E-state index contributed by atoms with van der Waals surface area (Å²) in [6.45, 7) is 5.71. The van der Waals surface area contributed by atoms with E-state index >= 15 is 0 Å². The first-order valence-electron chi connectivity index (χ1n) is 9.29. The zero-order chi connectivity index (χ0) is 20.8. The van der Waals surface area contributed by atoms with E-state index in [0.717, 1.165) is 28.1 Å². The molecule has 1 aliphatic rings. The van der Waals surface area contributed by atoms with E-state index in [1.165, 1.54) is 19.4 Å². The Balaban J connectivity index is 1.86. The van der Waals surface area contributed by atoms with Crippen molar-refractivity contribution in [1.29, 1.82) is 0 Å². The number of benzene rings is 1. The van der Waals surface area contributed by atoms with Gasteiger partial charge in [-0.2, -0.15) is 0 Å². The molecule has 3 aromatic rings. The van der Waals surface area contributed by atoms with E-state index in [9.17, 15) is 9.59 Å². The number of nitrogens with zero attached hydrogens (tertiary/aromatic N) is 4. The number of amides is 2. The molecule has 2 aromatic heterocycles. The average Bonchev–Trinajstić information content (AvgIpc) is 2.93. The fraction of sp³-hybridized carbons (Fsp3) is 0.227. The highest BCUT2D eigenvalue weighted by Crippen LogP contribution is 2.46. The SMILES string of the molecule is CNC(=O)c1cncc(N2C(=O)C(C)(C)c3ccc(-c4ccc(C)nc4)cc32)n1. The lowest BCUT2D eigenvalue weighted by atomic mass is 9.85. The molecule has 1 aliphatic heterocycles. The van der Waals surface area contributed by atoms with Crippen LogP contribution in [0, 0.1) is 6.92 Å². The molecular weight excluding hydrogens is 366 g/mol. The maximum atomic E-state index is 13.3. The number of hydrogen-bond donors (Lipinski definition) is 1. The number of carbonyl (C=O) groups excluding carboxylic acids is 2. The van der Waals surface area contributed by atoms with E-state index in [1.54, 1.807) is 4.90 Å². The number of pyridine rings is 1. The van der Waals surface area contributed by atoms with E-state index < -0.39 is 5.41 Å². The number of rotatable bonds is 3. The molecule has 0 saturated heterocycles. The molecule has 0 radical (unpaired) electrons. The van der Waals surface area contributed by atoms with Crippen LogP contribution >= 0.6 is 0 Å². The van der Waals surface area contributed by atoms with Crippen LogP contribution in [0.1, 0.15) is 35.6 Å². The van der Waals surface area contributed by atoms with Crippen molar-refractivity contribution < 1.29 is 9.59 Å². The Kier molecular flexibility index (Phi) is 4.38. The summed E-state index contributed by atoms with van der Waals surface area (Å²) in [5, 5.41) is 2.53. The number of fused-ring (bicyclic) bond motifs is 1. The first-order valence-corrected chi connectivity index (χ1v) is 9.29. The Morgan fingerprint density at radius 3 is 2.52 bits per heavy atom. The van der Waals surface area contributed by atoms with Crippen LogP contribution in [0.25, 0.3) is 11.1 Å². The highest BCUT2D eigenvalue weighted by atomic mass is 16.2. The molecule has 4 rings (SSSR count). The summed E-state index contributed by atoms with van der Waals surface area (Å²) in [6, 6.07) is 9.88. The van der Waals surface area contributed by atoms with Crippen molar-refractivity contribution in [2.75, 3.05) is 11.9 Å². The maximum Gasteiger partial charge on any atom is 0.271 e. The fourth-order valence-corrected chi connectivity index (χ4v) is 3.50. The summed E-state index contributed by atoms with van der Waals surface area (Å²) in [7, 11) is 1.53. The van der Waals surface area contributed by atoms with Crippen molar-refractivity contribution in [3.05, 3.63) is 65.9 Å². The minimum absolute atomic E-state index is 0.116. The smallest absolute Gasteiger partial charge is 0.271 e. The van der Waals surface area contributed by atoms with Gasteiger partial charge in [0.2, 0.25) is 5.91 Å². The standard InChI is InChI=1S/C22H21N5O2/c1-13-5-6-15(10-25-13)14-7-8-16-18(9-14)27(21(29)22(16,2)3)19-12-24-11-17(26-19)20(28)23-4/h5-12H,1-4H3,(H,23,28). The second-order valence-electron chi connectivity index (χ2n) is 7.53. The molecule has 1 N–H and O–H groups in total. The maximum absolute atomic E-state index is 13.3. The Morgan fingerprint density at radius 1 is 1.07 bits per heavy atom. The van der Waals surface area contributed by atoms with Gasteiger partial charge in [-0.25, -0.2) is 4.98 Å². The molecule has 0 atom stereocenters. The lowest BCUT2D eigenvalue weighted by Gasteiger charge is -2.19. The zero-order valence-electron chi connectivity index (χ0n) is 16.7. The van der Waals surface area contributed by atoms with Crippen LogP contribution in [0.3, 0.4) is 0 Å². The Labute approximate surface area is 168 Å². The first-order chi connectivity index (χ1) is 13.8. The van der Waals surface area contributed by atoms with Crippen molar-refractivity contribution in [3.63, 3.8) is 0 Å². The van der Waals surface area contributed by atoms with Crippen molar-refractivity contribution >= 4 is 23.3 Å². The van der Waals surface area contributed by atoms with E-state index in [4.69, 9.17) is 0 Å². The topological polar surface area (TPSA) is 88.1 Å². The monoisotopic (exact) mass is 387 g/mol. The van der Waals surface area contributed by atoms with Gasteiger partial charge in [-0.1, -0.05) is 18.2 Å². The van der Waals surface area contributed by atoms with E-state index in [1.807, 2.05) is 57.3 Å². The molecule has 1 aromatic carbocycles. The van der Waals surface area contributed by atoms with Crippen molar-refractivity contribution in [2.24, 2.45) is 0 Å². The van der Waals surface area contributed by atoms with Crippen LogP contribution in [0.4, 0.5) is 11.5 Å². The summed E-state index contributed by atoms with van der Waals surface area (Å²) in [5.74, 6) is -0.151. The summed E-state index contributed by atoms with van der Waals surface area (Å²) < 4.78 is 0. The molecule has 146 valence electrons. The lowest BCUT2D eigenvalue weighted by molar-refractivity contribution is -0.121. The van der Waals surface area contributed by atoms with Gasteiger partial charge >= 0.3 is 0 Å². The molecule has 29 heavy (non-hydrogen) atoms. The largest absolute Gasteiger partial charge is 0.354 e. The van der Waals surface area contributed by atoms with Crippen molar-refractivity contribution in [2.45, 2.75) is 26.2 Å². The quantitative estimate of drug-likeness (QED) is 0.746. The predicted molar refractivity (Wildman–Crippen MR) is 110 cm³/mol. The van der Waals surface area contributed by atoms with Gasteiger partial charge in [0.05, 0.1) is 23.5 Å². The van der Waals surface area contributed by atoms with Gasteiger partial charge in [-0.05, 0) is 44.0 Å². The van der Waals surface area contributed by atoms with Gasteiger partial charge in [0.1, 0.15) is 5.69 Å². The number of aryl methyl sites for hydroxylation is 1. The van der Waals surface area contributed by atoms with Crippen molar-refractivity contribution in [3.8, 4) is 11.1 Å². The number of nitrogens with one attached hydrogen (secondary N) is 1. The third-order valence-corrected chi connectivity index (χ3v) is 5.21. The van der Waals surface area contributed by atoms with Crippen molar-refractivity contribution in [1.82, 2.24) is 20.3 Å². The average molecular weight is 387 g/mol. The molecule has 7 heteroatoms. The third kappa shape index (κ3) is 3.04. The van der Waals surface area contributed by atoms with Crippen LogP contribution in [-0.4, -0.2) is 33.8 Å². The highest BCUT2D eigenvalue weighted by molar-refractivity contribution is 6.12. The predicted octanol–water partition coefficient (Wildman–Crippen LogP) is 3.16. The second kappa shape index (κ2) is 6.77. The Bertz CT molecular complexity index is 1120. The summed E-state index contributed by atoms with van der Waals surface area (Å²) in [6.07, 6.45) is 4.69. The Morgan fingerprint density at radius 2 is 1.83 bits per heavy atom. The summed E-state index contributed by atoms with van der Waals surface area (Å²) >= 11 is 0. The molecule has 2 amide bonds. The van der Waals surface area contributed by atoms with Gasteiger partial charge < -0.3 is 5.32 Å². The number of anilines is 2. The minimum Gasteiger partial charge on any atom is -0.354 e. The molecule has 3 heterocycles. The van der Waals surface area contributed by atoms with Gasteiger partial charge in [-0.15, -0.1) is 0 Å². The second-order valence-corrected chi connectivity index (χ2v) is 7.53. The van der Waals surface area contributed by atoms with E-state index in [-0.39, 0.29) is 17.5 Å². The lowest BCUT2D eigenvalue weighted by Crippen LogP contribution is -2.34. The number of carbonyl (C=O) groups is 2. The van der Waals surface area contributed by atoms with Crippen LogP contribution in [0.15, 0.2) is 48.9 Å². The normalized spacial score (nSPS) is 14.6. The zero-order valence-corrected chi connectivity index (χ0v) is 16.7. The van der Waals surface area contributed by atoms with Gasteiger partial charge in [0.25, 0.3) is 5.91 Å². The molecule has 0 aliphatic carbocycles. The highest BCUT2D eigenvalue weighted by Gasteiger charge is 2.45. The number of hydrogen-bond acceptors (Lipinski definition) is 5. The molecule has 0 saturated carbocycles. The molecule has 0 unspecified atom stereocenters. The molecular formula is C22H21N5O2. The third-order valence-electron chi connectivity index (χ3n) is 5.21. The van der Waals surface area contributed by atoms with Crippen LogP contribution in [0.5, 0.6) is 0 Å². The van der Waals surface area contributed by atoms with Gasteiger partial charge in [0.15, 0.2) is 5.82 Å². The summed E-state index contributed by atoms with van der Waals surface area (Å²) in [4.78, 5) is 39.6. The fourth-order valence-electron chi connectivity index (χ4n) is 3.50. The molecule has 0 fully saturated rings. The molecule has 0 spiro atoms. The van der Waals surface area contributed by atoms with Gasteiger partial charge in [0, 0.05) is 24.5 Å². The van der Waals surface area contributed by atoms with Crippen LogP contribution in [-0.2, 0) is 10.2 Å². The molecule has 7 nitrogen and oxygen atoms in total. The van der Waals surface area contributed by atoms with Gasteiger partial charge in [-0.3, -0.25) is 24.5 Å². The molecule has 0 bridgehead atoms. The van der Waals surface area contributed by atoms with E-state index in [2.05, 4.69) is 20.3 Å². The summed E-state index contributed by atoms with van der Waals surface area (Å²) in [5.41, 5.74) is 3.92. The van der Waals surface area contributed by atoms with Crippen LogP contribution in [0.2, 0.25) is 0 Å². The van der Waals surface area contributed by atoms with E-state index in [0.29, 0.717) is 5.82 Å². The number of aromatic nitrogens is 3. The Hall–Kier alpha value is -3.61. The van der Waals surface area contributed by atoms with Crippen LogP contribution < -0.4 is 10.2 Å².